The van der Waals surface area contributed by atoms with Crippen LogP contribution in [0.15, 0.2) is 23.3 Å². The van der Waals surface area contributed by atoms with Gasteiger partial charge in [0, 0.05) is 37.3 Å². The molecule has 3 rings (SSSR count). The minimum absolute atomic E-state index is 0.0333. The van der Waals surface area contributed by atoms with Crippen molar-refractivity contribution in [3.8, 4) is 0 Å². The highest BCUT2D eigenvalue weighted by Crippen LogP contribution is 2.45. The Kier molecular flexibility index (Phi) is 5.46. The number of aliphatic imine (C=N–C) groups is 1. The number of nitrogens with zero attached hydrogens (tertiary/aromatic N) is 3. The van der Waals surface area contributed by atoms with Gasteiger partial charge in [-0.05, 0) is 38.3 Å². The molecule has 0 bridgehead atoms. The van der Waals surface area contributed by atoms with Crippen LogP contribution in [0.25, 0.3) is 0 Å². The lowest BCUT2D eigenvalue weighted by Crippen LogP contribution is -2.45. The first-order chi connectivity index (χ1) is 11.7. The van der Waals surface area contributed by atoms with Gasteiger partial charge in [-0.25, -0.2) is 4.98 Å². The fourth-order valence-electron chi connectivity index (χ4n) is 2.98. The maximum absolute atomic E-state index is 9.43. The Morgan fingerprint density at radius 1 is 1.54 bits per heavy atom. The van der Waals surface area contributed by atoms with Crippen LogP contribution in [0.1, 0.15) is 26.2 Å². The highest BCUT2D eigenvalue weighted by molar-refractivity contribution is 6.32. The first kappa shape index (κ1) is 17.3. The molecule has 1 atom stereocenters. The molecule has 2 fully saturated rings. The van der Waals surface area contributed by atoms with Crippen molar-refractivity contribution in [2.75, 3.05) is 37.7 Å². The van der Waals surface area contributed by atoms with Gasteiger partial charge in [-0.1, -0.05) is 11.6 Å². The van der Waals surface area contributed by atoms with E-state index in [0.29, 0.717) is 17.6 Å². The van der Waals surface area contributed by atoms with Gasteiger partial charge >= 0.3 is 0 Å². The summed E-state index contributed by atoms with van der Waals surface area (Å²) in [5, 5.41) is 16.9. The number of rotatable bonds is 6. The van der Waals surface area contributed by atoms with E-state index in [0.717, 1.165) is 50.7 Å². The molecule has 1 saturated heterocycles. The molecule has 2 aliphatic rings. The van der Waals surface area contributed by atoms with Gasteiger partial charge < -0.3 is 20.6 Å². The van der Waals surface area contributed by atoms with Gasteiger partial charge in [0.25, 0.3) is 0 Å². The van der Waals surface area contributed by atoms with E-state index in [1.54, 1.807) is 6.20 Å². The minimum Gasteiger partial charge on any atom is -0.396 e. The molecular formula is C17H26ClN5O. The Morgan fingerprint density at radius 3 is 3.04 bits per heavy atom. The zero-order valence-corrected chi connectivity index (χ0v) is 14.9. The molecule has 1 aliphatic heterocycles. The summed E-state index contributed by atoms with van der Waals surface area (Å²) in [5.74, 6) is 1.68. The second-order valence-electron chi connectivity index (χ2n) is 6.74. The molecule has 0 aromatic carbocycles. The van der Waals surface area contributed by atoms with Crippen molar-refractivity contribution in [3.63, 3.8) is 0 Å². The molecule has 0 amide bonds. The Morgan fingerprint density at radius 2 is 2.38 bits per heavy atom. The topological polar surface area (TPSA) is 72.8 Å². The average molecular weight is 352 g/mol. The number of hydrogen-bond acceptors (Lipinski definition) is 4. The van der Waals surface area contributed by atoms with E-state index >= 15 is 0 Å². The Labute approximate surface area is 148 Å². The normalized spacial score (nSPS) is 22.5. The maximum atomic E-state index is 9.43. The van der Waals surface area contributed by atoms with E-state index in [9.17, 15) is 5.11 Å². The van der Waals surface area contributed by atoms with Crippen LogP contribution in [0.3, 0.4) is 0 Å². The molecule has 1 aromatic rings. The molecule has 2 heterocycles. The van der Waals surface area contributed by atoms with Crippen LogP contribution in [0.4, 0.5) is 5.82 Å². The number of pyridine rings is 1. The number of aliphatic hydroxyl groups is 1. The Balaban J connectivity index is 1.58. The third-order valence-electron chi connectivity index (χ3n) is 4.78. The first-order valence-electron chi connectivity index (χ1n) is 8.67. The minimum atomic E-state index is 0.0333. The molecule has 1 aliphatic carbocycles. The van der Waals surface area contributed by atoms with Crippen LogP contribution >= 0.6 is 11.6 Å². The standard InChI is InChI=1S/C17H26ClN5O/c1-2-19-16(21-11-17(12-24)6-7-17)22-13-5-9-23(10-13)15-14(18)4-3-8-20-15/h3-4,8,13,24H,2,5-7,9-12H2,1H3,(H2,19,21,22). The molecule has 3 N–H and O–H groups in total. The van der Waals surface area contributed by atoms with Crippen molar-refractivity contribution < 1.29 is 5.11 Å². The second-order valence-corrected chi connectivity index (χ2v) is 7.15. The highest BCUT2D eigenvalue weighted by atomic mass is 35.5. The van der Waals surface area contributed by atoms with Gasteiger partial charge in [-0.3, -0.25) is 4.99 Å². The molecule has 0 radical (unpaired) electrons. The number of halogens is 1. The van der Waals surface area contributed by atoms with Gasteiger partial charge in [0.2, 0.25) is 0 Å². The summed E-state index contributed by atoms with van der Waals surface area (Å²) in [4.78, 5) is 11.3. The zero-order valence-electron chi connectivity index (χ0n) is 14.1. The third kappa shape index (κ3) is 4.11. The average Bonchev–Trinajstić information content (AvgIpc) is 3.24. The van der Waals surface area contributed by atoms with E-state index in [4.69, 9.17) is 11.6 Å². The molecule has 7 heteroatoms. The predicted molar refractivity (Wildman–Crippen MR) is 97.7 cm³/mol. The van der Waals surface area contributed by atoms with Crippen LogP contribution in [0.2, 0.25) is 5.02 Å². The molecule has 24 heavy (non-hydrogen) atoms. The van der Waals surface area contributed by atoms with Crippen molar-refractivity contribution >= 4 is 23.4 Å². The summed E-state index contributed by atoms with van der Waals surface area (Å²) in [6, 6.07) is 4.04. The second kappa shape index (κ2) is 7.57. The van der Waals surface area contributed by atoms with Crippen LogP contribution < -0.4 is 15.5 Å². The largest absolute Gasteiger partial charge is 0.396 e. The van der Waals surface area contributed by atoms with Crippen LogP contribution in [-0.2, 0) is 0 Å². The van der Waals surface area contributed by atoms with Crippen molar-refractivity contribution in [3.05, 3.63) is 23.4 Å². The molecule has 6 nitrogen and oxygen atoms in total. The summed E-state index contributed by atoms with van der Waals surface area (Å²) in [6.45, 7) is 5.57. The van der Waals surface area contributed by atoms with Crippen molar-refractivity contribution in [2.45, 2.75) is 32.2 Å². The van der Waals surface area contributed by atoms with E-state index in [2.05, 4.69) is 32.4 Å². The van der Waals surface area contributed by atoms with Crippen LogP contribution in [-0.4, -0.2) is 54.9 Å². The van der Waals surface area contributed by atoms with Gasteiger partial charge in [-0.15, -0.1) is 0 Å². The number of aromatic nitrogens is 1. The molecule has 1 aromatic heterocycles. The van der Waals surface area contributed by atoms with Gasteiger partial charge in [0.15, 0.2) is 5.96 Å². The lowest BCUT2D eigenvalue weighted by atomic mass is 10.1. The maximum Gasteiger partial charge on any atom is 0.191 e. The van der Waals surface area contributed by atoms with Crippen LogP contribution in [0, 0.1) is 5.41 Å². The summed E-state index contributed by atoms with van der Waals surface area (Å²) in [7, 11) is 0. The number of aliphatic hydroxyl groups excluding tert-OH is 1. The first-order valence-corrected chi connectivity index (χ1v) is 9.05. The number of guanidine groups is 1. The van der Waals surface area contributed by atoms with E-state index in [1.807, 2.05) is 12.1 Å². The molecule has 1 unspecified atom stereocenters. The smallest absolute Gasteiger partial charge is 0.191 e. The fourth-order valence-corrected chi connectivity index (χ4v) is 3.22. The predicted octanol–water partition coefficient (Wildman–Crippen LogP) is 1.64. The van der Waals surface area contributed by atoms with E-state index < -0.39 is 0 Å². The number of nitrogens with one attached hydrogen (secondary N) is 2. The number of hydrogen-bond donors (Lipinski definition) is 3. The van der Waals surface area contributed by atoms with E-state index in [-0.39, 0.29) is 12.0 Å². The van der Waals surface area contributed by atoms with Gasteiger partial charge in [0.05, 0.1) is 18.2 Å². The summed E-state index contributed by atoms with van der Waals surface area (Å²) >= 11 is 6.25. The Bertz CT molecular complexity index is 590. The van der Waals surface area contributed by atoms with Gasteiger partial charge in [0.1, 0.15) is 5.82 Å². The highest BCUT2D eigenvalue weighted by Gasteiger charge is 2.41. The fraction of sp³-hybridized carbons (Fsp3) is 0.647. The van der Waals surface area contributed by atoms with Crippen molar-refractivity contribution in [1.29, 1.82) is 0 Å². The Hall–Kier alpha value is -1.53. The number of anilines is 1. The summed E-state index contributed by atoms with van der Waals surface area (Å²) in [5.41, 5.74) is 0.0333. The molecule has 132 valence electrons. The summed E-state index contributed by atoms with van der Waals surface area (Å²) in [6.07, 6.45) is 4.93. The van der Waals surface area contributed by atoms with Gasteiger partial charge in [-0.2, -0.15) is 0 Å². The summed E-state index contributed by atoms with van der Waals surface area (Å²) < 4.78 is 0. The lowest BCUT2D eigenvalue weighted by Gasteiger charge is -2.20. The molecule has 0 spiro atoms. The van der Waals surface area contributed by atoms with Crippen LogP contribution in [0.5, 0.6) is 0 Å². The van der Waals surface area contributed by atoms with Crippen molar-refractivity contribution in [2.24, 2.45) is 10.4 Å². The molecule has 1 saturated carbocycles. The zero-order chi connectivity index (χ0) is 17.0. The quantitative estimate of drug-likeness (QED) is 0.537. The van der Waals surface area contributed by atoms with E-state index in [1.165, 1.54) is 0 Å². The molecular weight excluding hydrogens is 326 g/mol. The monoisotopic (exact) mass is 351 g/mol. The lowest BCUT2D eigenvalue weighted by molar-refractivity contribution is 0.217. The third-order valence-corrected chi connectivity index (χ3v) is 5.07. The SMILES string of the molecule is CCNC(=NCC1(CO)CC1)NC1CCN(c2ncccc2Cl)C1. The van der Waals surface area contributed by atoms with Crippen molar-refractivity contribution in [1.82, 2.24) is 15.6 Å².